The van der Waals surface area contributed by atoms with Crippen LogP contribution in [0.25, 0.3) is 5.82 Å². The van der Waals surface area contributed by atoms with Crippen LogP contribution < -0.4 is 10.1 Å². The number of nitriles is 1. The van der Waals surface area contributed by atoms with Gasteiger partial charge in [0.1, 0.15) is 17.9 Å². The van der Waals surface area contributed by atoms with Gasteiger partial charge in [0.25, 0.3) is 16.0 Å². The molecular weight excluding hydrogens is 580 g/mol. The Labute approximate surface area is 251 Å². The summed E-state index contributed by atoms with van der Waals surface area (Å²) in [6.07, 6.45) is 7.08. The summed E-state index contributed by atoms with van der Waals surface area (Å²) in [5.41, 5.74) is 0.828. The van der Waals surface area contributed by atoms with Crippen LogP contribution in [0.3, 0.4) is 0 Å². The Morgan fingerprint density at radius 2 is 1.88 bits per heavy atom. The minimum absolute atomic E-state index is 0.174. The molecule has 13 heteroatoms. The number of aryl methyl sites for hydroxylation is 1. The van der Waals surface area contributed by atoms with Gasteiger partial charge in [0.05, 0.1) is 40.9 Å². The maximum Gasteiger partial charge on any atom is 0.264 e. The molecule has 11 nitrogen and oxygen atoms in total. The zero-order valence-corrected chi connectivity index (χ0v) is 25.9. The van der Waals surface area contributed by atoms with E-state index in [0.29, 0.717) is 40.6 Å². The second-order valence-electron chi connectivity index (χ2n) is 11.7. The highest BCUT2D eigenvalue weighted by Crippen LogP contribution is 2.55. The second kappa shape index (κ2) is 12.4. The van der Waals surface area contributed by atoms with Gasteiger partial charge in [0.15, 0.2) is 5.82 Å². The number of hydrogen-bond acceptors (Lipinski definition) is 9. The molecule has 0 saturated heterocycles. The van der Waals surface area contributed by atoms with Crippen LogP contribution >= 0.6 is 11.6 Å². The van der Waals surface area contributed by atoms with Crippen LogP contribution in [0.2, 0.25) is 5.02 Å². The van der Waals surface area contributed by atoms with Gasteiger partial charge in [-0.15, -0.1) is 5.10 Å². The van der Waals surface area contributed by atoms with E-state index in [1.54, 1.807) is 41.2 Å². The average molecular weight is 615 g/mol. The van der Waals surface area contributed by atoms with E-state index in [-0.39, 0.29) is 35.5 Å². The molecule has 0 unspecified atom stereocenters. The van der Waals surface area contributed by atoms with Crippen molar-refractivity contribution in [3.63, 3.8) is 0 Å². The number of halogens is 1. The molecule has 42 heavy (non-hydrogen) atoms. The smallest absolute Gasteiger partial charge is 0.264 e. The van der Waals surface area contributed by atoms with Gasteiger partial charge < -0.3 is 10.1 Å². The van der Waals surface area contributed by atoms with E-state index in [0.717, 1.165) is 24.8 Å². The van der Waals surface area contributed by atoms with Crippen molar-refractivity contribution in [1.29, 1.82) is 5.26 Å². The zero-order valence-electron chi connectivity index (χ0n) is 24.3. The molecule has 4 rings (SSSR count). The summed E-state index contributed by atoms with van der Waals surface area (Å²) in [4.78, 5) is 17.6. The third kappa shape index (κ3) is 7.09. The van der Waals surface area contributed by atoms with E-state index in [9.17, 15) is 13.2 Å². The Morgan fingerprint density at radius 3 is 2.50 bits per heavy atom. The van der Waals surface area contributed by atoms with Crippen LogP contribution in [-0.2, 0) is 20.7 Å². The van der Waals surface area contributed by atoms with Crippen LogP contribution in [0.5, 0.6) is 5.75 Å². The molecule has 1 amide bonds. The highest BCUT2D eigenvalue weighted by atomic mass is 35.5. The maximum absolute atomic E-state index is 13.2. The van der Waals surface area contributed by atoms with Crippen molar-refractivity contribution in [2.24, 2.45) is 10.8 Å². The number of pyridine rings is 1. The van der Waals surface area contributed by atoms with Crippen molar-refractivity contribution < 1.29 is 22.1 Å². The third-order valence-corrected chi connectivity index (χ3v) is 8.50. The Balaban J connectivity index is 1.32. The largest absolute Gasteiger partial charge is 0.489 e. The number of aromatic nitrogens is 4. The minimum Gasteiger partial charge on any atom is -0.489 e. The molecule has 1 aromatic carbocycles. The van der Waals surface area contributed by atoms with Crippen LogP contribution in [0, 0.1) is 22.2 Å². The topological polar surface area (TPSA) is 149 Å². The van der Waals surface area contributed by atoms with Gasteiger partial charge in [0.2, 0.25) is 0 Å². The van der Waals surface area contributed by atoms with Crippen molar-refractivity contribution in [1.82, 2.24) is 25.3 Å². The van der Waals surface area contributed by atoms with Gasteiger partial charge in [-0.1, -0.05) is 50.9 Å². The quantitative estimate of drug-likeness (QED) is 0.230. The van der Waals surface area contributed by atoms with E-state index in [4.69, 9.17) is 25.8 Å². The minimum atomic E-state index is -3.40. The third-order valence-electron chi connectivity index (χ3n) is 7.59. The van der Waals surface area contributed by atoms with E-state index in [1.165, 1.54) is 6.20 Å². The van der Waals surface area contributed by atoms with Crippen molar-refractivity contribution in [3.8, 4) is 17.6 Å². The summed E-state index contributed by atoms with van der Waals surface area (Å²) >= 11 is 6.19. The lowest BCUT2D eigenvalue weighted by Crippen LogP contribution is -2.74. The molecule has 1 N–H and O–H groups in total. The second-order valence-corrected chi connectivity index (χ2v) is 13.7. The monoisotopic (exact) mass is 614 g/mol. The first-order chi connectivity index (χ1) is 19.7. The Hall–Kier alpha value is -3.53. The number of carbonyl (C=O) groups excluding carboxylic acids is 1. The van der Waals surface area contributed by atoms with Crippen LogP contribution in [-0.4, -0.2) is 59.3 Å². The summed E-state index contributed by atoms with van der Waals surface area (Å²) in [5, 5.41) is 20.9. The summed E-state index contributed by atoms with van der Waals surface area (Å²) in [6, 6.07) is 10.3. The molecule has 0 radical (unpaired) electrons. The molecule has 2 aromatic heterocycles. The number of nitrogens with one attached hydrogen (secondary N) is 1. The highest BCUT2D eigenvalue weighted by molar-refractivity contribution is 7.85. The van der Waals surface area contributed by atoms with E-state index in [1.807, 2.05) is 33.8 Å². The lowest BCUT2D eigenvalue weighted by atomic mass is 9.49. The predicted molar refractivity (Wildman–Crippen MR) is 157 cm³/mol. The molecule has 0 spiro atoms. The molecule has 1 aliphatic rings. The number of unbranched alkanes of at least 4 members (excludes halogenated alkanes) is 2. The molecule has 0 aliphatic heterocycles. The standard InChI is InChI=1S/C29H35ClN6O5S/c1-28(2)26(29(3,4)27(28)41-22-12-10-19(16-31)23(30)15-22)33-25(37)20-11-13-24(32-17-20)36-18-21(34-35-36)9-7-6-8-14-40-42(5,38)39/h10-13,15,17-18,26-27H,6-9,14H2,1-5H3,(H,33,37)/t26-,27-. The van der Waals surface area contributed by atoms with Crippen LogP contribution in [0.15, 0.2) is 42.7 Å². The first-order valence-electron chi connectivity index (χ1n) is 13.6. The number of rotatable bonds is 12. The molecule has 0 atom stereocenters. The maximum atomic E-state index is 13.2. The number of carbonyl (C=O) groups is 1. The van der Waals surface area contributed by atoms with Crippen LogP contribution in [0.1, 0.15) is 68.6 Å². The summed E-state index contributed by atoms with van der Waals surface area (Å²) in [6.45, 7) is 8.37. The molecule has 3 aromatic rings. The fourth-order valence-electron chi connectivity index (χ4n) is 5.79. The van der Waals surface area contributed by atoms with E-state index >= 15 is 0 Å². The number of amides is 1. The first-order valence-corrected chi connectivity index (χ1v) is 15.8. The van der Waals surface area contributed by atoms with Gasteiger partial charge in [-0.25, -0.2) is 9.67 Å². The first kappa shape index (κ1) is 31.4. The van der Waals surface area contributed by atoms with Gasteiger partial charge in [-0.2, -0.15) is 13.7 Å². The number of nitrogens with zero attached hydrogens (tertiary/aromatic N) is 5. The van der Waals surface area contributed by atoms with E-state index < -0.39 is 10.1 Å². The predicted octanol–water partition coefficient (Wildman–Crippen LogP) is 4.49. The Bertz CT molecular complexity index is 1560. The number of benzene rings is 1. The lowest BCUT2D eigenvalue weighted by molar-refractivity contribution is -0.164. The Morgan fingerprint density at radius 1 is 1.14 bits per heavy atom. The fraction of sp³-hybridized carbons (Fsp3) is 0.483. The number of hydrogen-bond donors (Lipinski definition) is 1. The summed E-state index contributed by atoms with van der Waals surface area (Å²) in [5.74, 6) is 0.870. The fourth-order valence-corrected chi connectivity index (χ4v) is 6.42. The highest BCUT2D eigenvalue weighted by Gasteiger charge is 2.64. The number of ether oxygens (including phenoxy) is 1. The van der Waals surface area contributed by atoms with Crippen molar-refractivity contribution in [2.75, 3.05) is 12.9 Å². The van der Waals surface area contributed by atoms with Gasteiger partial charge in [-0.3, -0.25) is 8.98 Å². The molecule has 2 heterocycles. The lowest BCUT2D eigenvalue weighted by Gasteiger charge is -2.63. The summed E-state index contributed by atoms with van der Waals surface area (Å²) < 4.78 is 34.6. The summed E-state index contributed by atoms with van der Waals surface area (Å²) in [7, 11) is -3.40. The van der Waals surface area contributed by atoms with Crippen molar-refractivity contribution >= 4 is 27.6 Å². The molecule has 1 saturated carbocycles. The van der Waals surface area contributed by atoms with Gasteiger partial charge >= 0.3 is 0 Å². The SMILES string of the molecule is CC1(C)[C@H](NC(=O)c2ccc(-n3cc(CCCCCOS(C)(=O)=O)nn3)nc2)C(C)(C)[C@H]1Oc1ccc(C#N)c(Cl)c1. The van der Waals surface area contributed by atoms with Crippen molar-refractivity contribution in [2.45, 2.75) is 65.5 Å². The molecule has 0 bridgehead atoms. The van der Waals surface area contributed by atoms with Crippen LogP contribution in [0.4, 0.5) is 0 Å². The van der Waals surface area contributed by atoms with Gasteiger partial charge in [-0.05, 0) is 43.5 Å². The zero-order chi connectivity index (χ0) is 30.7. The normalized spacial score (nSPS) is 19.0. The Kier molecular flexibility index (Phi) is 9.25. The average Bonchev–Trinajstić information content (AvgIpc) is 3.40. The molecule has 1 aliphatic carbocycles. The van der Waals surface area contributed by atoms with E-state index in [2.05, 4.69) is 20.6 Å². The van der Waals surface area contributed by atoms with Gasteiger partial charge in [0, 0.05) is 29.1 Å². The molecule has 1 fully saturated rings. The van der Waals surface area contributed by atoms with Crippen molar-refractivity contribution in [3.05, 3.63) is 64.6 Å². The molecular formula is C29H35ClN6O5S. The molecule has 224 valence electrons.